The van der Waals surface area contributed by atoms with Gasteiger partial charge in [-0.05, 0) is 12.1 Å². The van der Waals surface area contributed by atoms with E-state index in [1.165, 1.54) is 11.0 Å². The lowest BCUT2D eigenvalue weighted by molar-refractivity contribution is 0.0990. The Balaban J connectivity index is 2.17. The molecule has 0 aliphatic heterocycles. The van der Waals surface area contributed by atoms with E-state index in [1.807, 2.05) is 24.3 Å². The molecule has 0 aliphatic rings. The van der Waals surface area contributed by atoms with Crippen molar-refractivity contribution in [1.29, 1.82) is 0 Å². The maximum atomic E-state index is 10.9. The molecule has 2 aromatic heterocycles. The third-order valence-corrected chi connectivity index (χ3v) is 2.38. The summed E-state index contributed by atoms with van der Waals surface area (Å²) >= 11 is 0. The van der Waals surface area contributed by atoms with Gasteiger partial charge in [0, 0.05) is 5.39 Å². The Morgan fingerprint density at radius 1 is 1.35 bits per heavy atom. The second kappa shape index (κ2) is 3.41. The van der Waals surface area contributed by atoms with Gasteiger partial charge in [0.2, 0.25) is 5.82 Å². The van der Waals surface area contributed by atoms with Crippen molar-refractivity contribution in [2.24, 2.45) is 5.73 Å². The number of nitrogens with one attached hydrogen (secondary N) is 1. The molecule has 7 nitrogen and oxygen atoms in total. The van der Waals surface area contributed by atoms with E-state index in [4.69, 9.17) is 5.73 Å². The van der Waals surface area contributed by atoms with Crippen LogP contribution in [0.15, 0.2) is 30.6 Å². The van der Waals surface area contributed by atoms with E-state index in [-0.39, 0.29) is 5.82 Å². The fourth-order valence-electron chi connectivity index (χ4n) is 1.60. The number of hydrogen-bond acceptors (Lipinski definition) is 4. The lowest BCUT2D eigenvalue weighted by Crippen LogP contribution is -2.13. The first-order valence-corrected chi connectivity index (χ1v) is 4.90. The SMILES string of the molecule is NC(=O)c1ncn(-c2n[nH]c3ccccc23)n1. The number of amides is 1. The van der Waals surface area contributed by atoms with Gasteiger partial charge >= 0.3 is 0 Å². The van der Waals surface area contributed by atoms with Crippen LogP contribution >= 0.6 is 0 Å². The standard InChI is InChI=1S/C10H8N6O/c11-8(17)9-12-5-16(15-9)10-6-3-1-2-4-7(6)13-14-10/h1-5H,(H2,11,17)(H,13,14). The van der Waals surface area contributed by atoms with Crippen LogP contribution in [0.2, 0.25) is 0 Å². The number of fused-ring (bicyclic) bond motifs is 1. The van der Waals surface area contributed by atoms with Crippen LogP contribution in [0.1, 0.15) is 10.6 Å². The summed E-state index contributed by atoms with van der Waals surface area (Å²) in [6, 6.07) is 7.60. The highest BCUT2D eigenvalue weighted by Crippen LogP contribution is 2.17. The van der Waals surface area contributed by atoms with Crippen molar-refractivity contribution in [3.63, 3.8) is 0 Å². The van der Waals surface area contributed by atoms with Crippen molar-refractivity contribution in [2.45, 2.75) is 0 Å². The zero-order chi connectivity index (χ0) is 11.8. The number of para-hydroxylation sites is 1. The highest BCUT2D eigenvalue weighted by molar-refractivity contribution is 5.89. The minimum Gasteiger partial charge on any atom is -0.363 e. The van der Waals surface area contributed by atoms with Crippen LogP contribution < -0.4 is 5.73 Å². The molecule has 7 heteroatoms. The van der Waals surface area contributed by atoms with Gasteiger partial charge in [-0.3, -0.25) is 9.89 Å². The normalized spacial score (nSPS) is 10.8. The molecule has 1 amide bonds. The fourth-order valence-corrected chi connectivity index (χ4v) is 1.60. The van der Waals surface area contributed by atoms with E-state index in [1.54, 1.807) is 0 Å². The zero-order valence-corrected chi connectivity index (χ0v) is 8.66. The number of aromatic nitrogens is 5. The number of primary amides is 1. The molecule has 84 valence electrons. The summed E-state index contributed by atoms with van der Waals surface area (Å²) in [6.07, 6.45) is 1.41. The van der Waals surface area contributed by atoms with Crippen molar-refractivity contribution < 1.29 is 4.79 Å². The summed E-state index contributed by atoms with van der Waals surface area (Å²) in [5, 5.41) is 11.8. The van der Waals surface area contributed by atoms with Crippen LogP contribution in [-0.2, 0) is 0 Å². The van der Waals surface area contributed by atoms with Crippen molar-refractivity contribution in [2.75, 3.05) is 0 Å². The molecule has 0 saturated heterocycles. The summed E-state index contributed by atoms with van der Waals surface area (Å²) in [7, 11) is 0. The predicted molar refractivity (Wildman–Crippen MR) is 59.5 cm³/mol. The minimum absolute atomic E-state index is 0.0305. The van der Waals surface area contributed by atoms with Gasteiger partial charge in [-0.2, -0.15) is 9.78 Å². The molecule has 3 aromatic rings. The van der Waals surface area contributed by atoms with Crippen molar-refractivity contribution in [3.05, 3.63) is 36.4 Å². The molecule has 0 aliphatic carbocycles. The number of rotatable bonds is 2. The smallest absolute Gasteiger partial charge is 0.288 e. The number of nitrogens with zero attached hydrogens (tertiary/aromatic N) is 4. The Morgan fingerprint density at radius 2 is 2.18 bits per heavy atom. The van der Waals surface area contributed by atoms with Crippen LogP contribution in [0, 0.1) is 0 Å². The van der Waals surface area contributed by atoms with Gasteiger partial charge in [0.1, 0.15) is 6.33 Å². The lowest BCUT2D eigenvalue weighted by Gasteiger charge is -1.94. The van der Waals surface area contributed by atoms with E-state index in [2.05, 4.69) is 20.3 Å². The number of carbonyl (C=O) groups excluding carboxylic acids is 1. The summed E-state index contributed by atoms with van der Waals surface area (Å²) in [5.74, 6) is -0.110. The van der Waals surface area contributed by atoms with Crippen LogP contribution in [0.5, 0.6) is 0 Å². The lowest BCUT2D eigenvalue weighted by atomic mass is 10.2. The van der Waals surface area contributed by atoms with Crippen molar-refractivity contribution in [1.82, 2.24) is 25.0 Å². The molecule has 0 radical (unpaired) electrons. The Kier molecular flexibility index (Phi) is 1.91. The average Bonchev–Trinajstić information content (AvgIpc) is 2.95. The predicted octanol–water partition coefficient (Wildman–Crippen LogP) is 0.242. The highest BCUT2D eigenvalue weighted by atomic mass is 16.1. The summed E-state index contributed by atoms with van der Waals surface area (Å²) in [4.78, 5) is 14.7. The minimum atomic E-state index is -0.663. The monoisotopic (exact) mass is 228 g/mol. The maximum Gasteiger partial charge on any atom is 0.288 e. The number of hydrogen-bond donors (Lipinski definition) is 2. The quantitative estimate of drug-likeness (QED) is 0.655. The largest absolute Gasteiger partial charge is 0.363 e. The van der Waals surface area contributed by atoms with Gasteiger partial charge < -0.3 is 5.73 Å². The Hall–Kier alpha value is -2.70. The summed E-state index contributed by atoms with van der Waals surface area (Å²) in [6.45, 7) is 0. The zero-order valence-electron chi connectivity index (χ0n) is 8.66. The van der Waals surface area contributed by atoms with E-state index in [0.29, 0.717) is 5.82 Å². The van der Waals surface area contributed by atoms with Crippen LogP contribution in [0.3, 0.4) is 0 Å². The van der Waals surface area contributed by atoms with E-state index < -0.39 is 5.91 Å². The molecule has 0 bridgehead atoms. The second-order valence-electron chi connectivity index (χ2n) is 3.47. The molecule has 0 unspecified atom stereocenters. The molecule has 0 fully saturated rings. The number of H-pyrrole nitrogens is 1. The van der Waals surface area contributed by atoms with E-state index in [0.717, 1.165) is 10.9 Å². The average molecular weight is 228 g/mol. The number of nitrogens with two attached hydrogens (primary N) is 1. The third-order valence-electron chi connectivity index (χ3n) is 2.38. The molecular weight excluding hydrogens is 220 g/mol. The Bertz CT molecular complexity index is 697. The third kappa shape index (κ3) is 1.44. The van der Waals surface area contributed by atoms with Crippen LogP contribution in [-0.4, -0.2) is 30.9 Å². The topological polar surface area (TPSA) is 102 Å². The second-order valence-corrected chi connectivity index (χ2v) is 3.47. The van der Waals surface area contributed by atoms with Gasteiger partial charge in [0.25, 0.3) is 5.91 Å². The first-order valence-electron chi connectivity index (χ1n) is 4.90. The van der Waals surface area contributed by atoms with Gasteiger partial charge in [-0.15, -0.1) is 5.10 Å². The molecule has 3 rings (SSSR count). The van der Waals surface area contributed by atoms with Crippen molar-refractivity contribution >= 4 is 16.8 Å². The highest BCUT2D eigenvalue weighted by Gasteiger charge is 2.11. The fraction of sp³-hybridized carbons (Fsp3) is 0. The van der Waals surface area contributed by atoms with Crippen molar-refractivity contribution in [3.8, 4) is 5.82 Å². The molecular formula is C10H8N6O. The van der Waals surface area contributed by atoms with E-state index >= 15 is 0 Å². The molecule has 2 heterocycles. The first-order chi connectivity index (χ1) is 8.25. The van der Waals surface area contributed by atoms with Gasteiger partial charge in [0.15, 0.2) is 5.82 Å². The molecule has 0 atom stereocenters. The van der Waals surface area contributed by atoms with Crippen LogP contribution in [0.4, 0.5) is 0 Å². The summed E-state index contributed by atoms with van der Waals surface area (Å²) < 4.78 is 1.42. The molecule has 0 saturated carbocycles. The molecule has 3 N–H and O–H groups in total. The van der Waals surface area contributed by atoms with Gasteiger partial charge in [0.05, 0.1) is 5.52 Å². The Morgan fingerprint density at radius 3 is 2.94 bits per heavy atom. The van der Waals surface area contributed by atoms with E-state index in [9.17, 15) is 4.79 Å². The first kappa shape index (κ1) is 9.52. The maximum absolute atomic E-state index is 10.9. The summed E-state index contributed by atoms with van der Waals surface area (Å²) in [5.41, 5.74) is 5.98. The van der Waals surface area contributed by atoms with Gasteiger partial charge in [-0.25, -0.2) is 4.98 Å². The number of carbonyl (C=O) groups is 1. The van der Waals surface area contributed by atoms with Crippen LogP contribution in [0.25, 0.3) is 16.7 Å². The Labute approximate surface area is 95.3 Å². The number of benzene rings is 1. The van der Waals surface area contributed by atoms with Gasteiger partial charge in [-0.1, -0.05) is 12.1 Å². The molecule has 17 heavy (non-hydrogen) atoms. The molecule has 0 spiro atoms. The molecule has 1 aromatic carbocycles. The number of aromatic amines is 1.